The standard InChI is InChI=1S/C19H25FN2O5/c1-12(16(23)21-14-8-5-7-13(20)11-14)26-17(24)15-9-6-10-22(15)18(25)27-19(2,3)4/h5,7-8,11-12,15H,6,9-10H2,1-4H3,(H,21,23)/t12-,15+/m1/s1. The van der Waals surface area contributed by atoms with Gasteiger partial charge in [0.05, 0.1) is 0 Å². The summed E-state index contributed by atoms with van der Waals surface area (Å²) in [5.74, 6) is -1.74. The number of rotatable bonds is 4. The number of carbonyl (C=O) groups is 3. The predicted molar refractivity (Wildman–Crippen MR) is 96.5 cm³/mol. The van der Waals surface area contributed by atoms with E-state index in [4.69, 9.17) is 9.47 Å². The Hall–Kier alpha value is -2.64. The fourth-order valence-corrected chi connectivity index (χ4v) is 2.67. The third kappa shape index (κ3) is 5.94. The third-order valence-electron chi connectivity index (χ3n) is 3.91. The van der Waals surface area contributed by atoms with Gasteiger partial charge in [-0.1, -0.05) is 6.07 Å². The number of hydrogen-bond donors (Lipinski definition) is 1. The van der Waals surface area contributed by atoms with Crippen molar-refractivity contribution < 1.29 is 28.2 Å². The SMILES string of the molecule is C[C@@H](OC(=O)[C@@H]1CCCN1C(=O)OC(C)(C)C)C(=O)Nc1cccc(F)c1. The number of benzene rings is 1. The maximum Gasteiger partial charge on any atom is 0.411 e. The van der Waals surface area contributed by atoms with E-state index in [1.54, 1.807) is 20.8 Å². The van der Waals surface area contributed by atoms with E-state index >= 15 is 0 Å². The van der Waals surface area contributed by atoms with Crippen LogP contribution in [0.5, 0.6) is 0 Å². The van der Waals surface area contributed by atoms with Gasteiger partial charge in [0.1, 0.15) is 17.5 Å². The number of ether oxygens (including phenoxy) is 2. The Balaban J connectivity index is 1.94. The van der Waals surface area contributed by atoms with Crippen LogP contribution in [0.25, 0.3) is 0 Å². The van der Waals surface area contributed by atoms with E-state index < -0.39 is 41.5 Å². The first kappa shape index (κ1) is 20.7. The third-order valence-corrected chi connectivity index (χ3v) is 3.91. The molecule has 1 N–H and O–H groups in total. The molecule has 1 aliphatic heterocycles. The van der Waals surface area contributed by atoms with Crippen LogP contribution in [0.4, 0.5) is 14.9 Å². The lowest BCUT2D eigenvalue weighted by Crippen LogP contribution is -2.45. The van der Waals surface area contributed by atoms with Crippen LogP contribution in [-0.2, 0) is 19.1 Å². The number of likely N-dealkylation sites (tertiary alicyclic amines) is 1. The maximum atomic E-state index is 13.2. The minimum absolute atomic E-state index is 0.263. The van der Waals surface area contributed by atoms with Gasteiger partial charge in [-0.2, -0.15) is 0 Å². The van der Waals surface area contributed by atoms with Crippen LogP contribution in [0, 0.1) is 5.82 Å². The van der Waals surface area contributed by atoms with Gasteiger partial charge in [-0.05, 0) is 58.7 Å². The van der Waals surface area contributed by atoms with Gasteiger partial charge >= 0.3 is 12.1 Å². The number of halogens is 1. The Morgan fingerprint density at radius 3 is 2.63 bits per heavy atom. The molecule has 0 spiro atoms. The Labute approximate surface area is 157 Å². The summed E-state index contributed by atoms with van der Waals surface area (Å²) in [6.45, 7) is 7.03. The highest BCUT2D eigenvalue weighted by Crippen LogP contribution is 2.22. The molecule has 7 nitrogen and oxygen atoms in total. The van der Waals surface area contributed by atoms with Crippen molar-refractivity contribution in [3.05, 3.63) is 30.1 Å². The molecule has 1 aromatic carbocycles. The van der Waals surface area contributed by atoms with Crippen molar-refractivity contribution in [3.63, 3.8) is 0 Å². The highest BCUT2D eigenvalue weighted by Gasteiger charge is 2.38. The molecule has 27 heavy (non-hydrogen) atoms. The molecular weight excluding hydrogens is 355 g/mol. The fourth-order valence-electron chi connectivity index (χ4n) is 2.67. The van der Waals surface area contributed by atoms with E-state index in [-0.39, 0.29) is 5.69 Å². The summed E-state index contributed by atoms with van der Waals surface area (Å²) in [6, 6.07) is 4.61. The molecule has 2 rings (SSSR count). The molecular formula is C19H25FN2O5. The average molecular weight is 380 g/mol. The van der Waals surface area contributed by atoms with Crippen molar-refractivity contribution in [2.75, 3.05) is 11.9 Å². The van der Waals surface area contributed by atoms with Crippen molar-refractivity contribution in [1.82, 2.24) is 4.90 Å². The van der Waals surface area contributed by atoms with Gasteiger partial charge in [0.2, 0.25) is 0 Å². The quantitative estimate of drug-likeness (QED) is 0.812. The second kappa shape index (κ2) is 8.37. The highest BCUT2D eigenvalue weighted by atomic mass is 19.1. The van der Waals surface area contributed by atoms with E-state index in [9.17, 15) is 18.8 Å². The van der Waals surface area contributed by atoms with Gasteiger partial charge < -0.3 is 14.8 Å². The second-order valence-corrected chi connectivity index (χ2v) is 7.41. The predicted octanol–water partition coefficient (Wildman–Crippen LogP) is 3.10. The van der Waals surface area contributed by atoms with Crippen molar-refractivity contribution in [2.45, 2.75) is 58.3 Å². The molecule has 2 amide bonds. The summed E-state index contributed by atoms with van der Waals surface area (Å²) in [4.78, 5) is 38.2. The van der Waals surface area contributed by atoms with Gasteiger partial charge in [0.15, 0.2) is 6.10 Å². The van der Waals surface area contributed by atoms with Crippen LogP contribution in [0.15, 0.2) is 24.3 Å². The summed E-state index contributed by atoms with van der Waals surface area (Å²) in [5, 5.41) is 2.48. The molecule has 1 aliphatic rings. The van der Waals surface area contributed by atoms with E-state index in [2.05, 4.69) is 5.32 Å². The number of anilines is 1. The van der Waals surface area contributed by atoms with Crippen LogP contribution in [0.3, 0.4) is 0 Å². The summed E-state index contributed by atoms with van der Waals surface area (Å²) in [7, 11) is 0. The minimum atomic E-state index is -1.10. The Kier molecular flexibility index (Phi) is 6.41. The van der Waals surface area contributed by atoms with Crippen LogP contribution in [0.2, 0.25) is 0 Å². The lowest BCUT2D eigenvalue weighted by atomic mass is 10.2. The molecule has 0 aromatic heterocycles. The minimum Gasteiger partial charge on any atom is -0.451 e. The van der Waals surface area contributed by atoms with Gasteiger partial charge in [0.25, 0.3) is 5.91 Å². The molecule has 0 saturated carbocycles. The molecule has 0 radical (unpaired) electrons. The molecule has 1 fully saturated rings. The van der Waals surface area contributed by atoms with Gasteiger partial charge in [0, 0.05) is 12.2 Å². The first-order valence-electron chi connectivity index (χ1n) is 8.83. The molecule has 1 heterocycles. The van der Waals surface area contributed by atoms with E-state index in [0.717, 1.165) is 6.07 Å². The van der Waals surface area contributed by atoms with E-state index in [1.165, 1.54) is 30.0 Å². The molecule has 148 valence electrons. The summed E-state index contributed by atoms with van der Waals surface area (Å²) in [5.41, 5.74) is -0.411. The van der Waals surface area contributed by atoms with Crippen LogP contribution in [0.1, 0.15) is 40.5 Å². The topological polar surface area (TPSA) is 84.9 Å². The summed E-state index contributed by atoms with van der Waals surface area (Å²) >= 11 is 0. The zero-order valence-electron chi connectivity index (χ0n) is 16.0. The normalized spacial score (nSPS) is 18.0. The number of amides is 2. The number of hydrogen-bond acceptors (Lipinski definition) is 5. The number of carbonyl (C=O) groups excluding carboxylic acids is 3. The molecule has 1 saturated heterocycles. The summed E-state index contributed by atoms with van der Waals surface area (Å²) in [6.07, 6.45) is -0.597. The molecule has 2 atom stereocenters. The molecule has 0 aliphatic carbocycles. The average Bonchev–Trinajstić information content (AvgIpc) is 3.03. The van der Waals surface area contributed by atoms with Gasteiger partial charge in [-0.25, -0.2) is 14.0 Å². The molecule has 8 heteroatoms. The fraction of sp³-hybridized carbons (Fsp3) is 0.526. The molecule has 1 aromatic rings. The van der Waals surface area contributed by atoms with Crippen molar-refractivity contribution in [2.24, 2.45) is 0 Å². The number of nitrogens with one attached hydrogen (secondary N) is 1. The number of nitrogens with zero attached hydrogens (tertiary/aromatic N) is 1. The van der Waals surface area contributed by atoms with E-state index in [1.807, 2.05) is 0 Å². The molecule has 0 bridgehead atoms. The Morgan fingerprint density at radius 2 is 2.00 bits per heavy atom. The van der Waals surface area contributed by atoms with Crippen LogP contribution in [-0.4, -0.2) is 47.2 Å². The number of esters is 1. The van der Waals surface area contributed by atoms with Crippen LogP contribution >= 0.6 is 0 Å². The van der Waals surface area contributed by atoms with Crippen molar-refractivity contribution >= 4 is 23.7 Å². The summed E-state index contributed by atoms with van der Waals surface area (Å²) < 4.78 is 23.7. The van der Waals surface area contributed by atoms with Crippen LogP contribution < -0.4 is 5.32 Å². The van der Waals surface area contributed by atoms with Gasteiger partial charge in [-0.3, -0.25) is 9.69 Å². The Morgan fingerprint density at radius 1 is 1.30 bits per heavy atom. The monoisotopic (exact) mass is 380 g/mol. The van der Waals surface area contributed by atoms with Crippen molar-refractivity contribution in [3.8, 4) is 0 Å². The van der Waals surface area contributed by atoms with E-state index in [0.29, 0.717) is 19.4 Å². The first-order chi connectivity index (χ1) is 12.6. The molecule has 0 unspecified atom stereocenters. The lowest BCUT2D eigenvalue weighted by molar-refractivity contribution is -0.157. The van der Waals surface area contributed by atoms with Crippen molar-refractivity contribution in [1.29, 1.82) is 0 Å². The highest BCUT2D eigenvalue weighted by molar-refractivity contribution is 5.95. The smallest absolute Gasteiger partial charge is 0.411 e. The van der Waals surface area contributed by atoms with Gasteiger partial charge in [-0.15, -0.1) is 0 Å². The first-order valence-corrected chi connectivity index (χ1v) is 8.83. The largest absolute Gasteiger partial charge is 0.451 e. The maximum absolute atomic E-state index is 13.2. The zero-order chi connectivity index (χ0) is 20.2. The zero-order valence-corrected chi connectivity index (χ0v) is 16.0. The Bertz CT molecular complexity index is 716. The lowest BCUT2D eigenvalue weighted by Gasteiger charge is -2.28. The second-order valence-electron chi connectivity index (χ2n) is 7.41.